The van der Waals surface area contributed by atoms with Crippen molar-refractivity contribution in [2.75, 3.05) is 26.8 Å². The molecule has 106 valence electrons. The molecule has 0 aromatic rings. The Bertz CT molecular complexity index is 281. The first-order valence-electron chi connectivity index (χ1n) is 6.59. The summed E-state index contributed by atoms with van der Waals surface area (Å²) in [7, 11) is 1.37. The molecule has 0 aliphatic carbocycles. The van der Waals surface area contributed by atoms with Gasteiger partial charge in [-0.05, 0) is 40.2 Å². The molecule has 0 bridgehead atoms. The van der Waals surface area contributed by atoms with Crippen molar-refractivity contribution in [3.05, 3.63) is 0 Å². The number of ether oxygens (including phenoxy) is 2. The lowest BCUT2D eigenvalue weighted by atomic mass is 9.97. The molecule has 1 heterocycles. The first-order valence-corrected chi connectivity index (χ1v) is 6.59. The number of rotatable bonds is 5. The predicted molar refractivity (Wildman–Crippen MR) is 70.3 cm³/mol. The molecule has 1 aliphatic heterocycles. The minimum atomic E-state index is -0.879. The topological polar surface area (TPSA) is 64.8 Å². The van der Waals surface area contributed by atoms with E-state index >= 15 is 0 Å². The van der Waals surface area contributed by atoms with Crippen molar-refractivity contribution in [2.24, 2.45) is 5.73 Å². The van der Waals surface area contributed by atoms with Crippen LogP contribution in [-0.4, -0.2) is 55.4 Å². The molecule has 0 radical (unpaired) electrons. The number of methoxy groups -OCH3 is 1. The first kappa shape index (κ1) is 15.4. The standard InChI is InChI=1S/C13H26N2O3/c1-10-9-18-11(2)8-15(10)7-5-6-13(3,14)12(16)17-4/h10-11H,5-9,14H2,1-4H3. The molecule has 1 rings (SSSR count). The summed E-state index contributed by atoms with van der Waals surface area (Å²) in [6.45, 7) is 8.63. The molecule has 1 aliphatic rings. The summed E-state index contributed by atoms with van der Waals surface area (Å²) in [4.78, 5) is 13.8. The van der Waals surface area contributed by atoms with Crippen LogP contribution < -0.4 is 5.73 Å². The van der Waals surface area contributed by atoms with Crippen LogP contribution in [-0.2, 0) is 14.3 Å². The van der Waals surface area contributed by atoms with Crippen molar-refractivity contribution in [1.82, 2.24) is 4.90 Å². The van der Waals surface area contributed by atoms with Crippen molar-refractivity contribution in [2.45, 2.75) is 51.3 Å². The van der Waals surface area contributed by atoms with E-state index in [2.05, 4.69) is 18.7 Å². The number of hydrogen-bond donors (Lipinski definition) is 1. The summed E-state index contributed by atoms with van der Waals surface area (Å²) in [5.41, 5.74) is 5.05. The zero-order valence-corrected chi connectivity index (χ0v) is 11.9. The van der Waals surface area contributed by atoms with Gasteiger partial charge in [-0.3, -0.25) is 9.69 Å². The Morgan fingerprint density at radius 1 is 1.56 bits per heavy atom. The van der Waals surface area contributed by atoms with Gasteiger partial charge in [-0.25, -0.2) is 0 Å². The average Bonchev–Trinajstić information content (AvgIpc) is 2.32. The molecular formula is C13H26N2O3. The molecule has 3 atom stereocenters. The van der Waals surface area contributed by atoms with Crippen LogP contribution in [0.1, 0.15) is 33.6 Å². The Morgan fingerprint density at radius 2 is 2.22 bits per heavy atom. The number of carbonyl (C=O) groups is 1. The largest absolute Gasteiger partial charge is 0.468 e. The van der Waals surface area contributed by atoms with Gasteiger partial charge in [0.2, 0.25) is 0 Å². The van der Waals surface area contributed by atoms with Gasteiger partial charge in [-0.2, -0.15) is 0 Å². The molecule has 0 aromatic heterocycles. The van der Waals surface area contributed by atoms with Gasteiger partial charge in [0.05, 0.1) is 19.8 Å². The monoisotopic (exact) mass is 258 g/mol. The van der Waals surface area contributed by atoms with Gasteiger partial charge in [0.25, 0.3) is 0 Å². The summed E-state index contributed by atoms with van der Waals surface area (Å²) < 4.78 is 10.3. The van der Waals surface area contributed by atoms with Crippen molar-refractivity contribution in [3.8, 4) is 0 Å². The minimum Gasteiger partial charge on any atom is -0.468 e. The zero-order valence-electron chi connectivity index (χ0n) is 11.9. The SMILES string of the molecule is COC(=O)C(C)(N)CCCN1CC(C)OCC1C. The van der Waals surface area contributed by atoms with E-state index in [9.17, 15) is 4.79 Å². The molecular weight excluding hydrogens is 232 g/mol. The number of esters is 1. The second-order valence-electron chi connectivity index (χ2n) is 5.50. The third-order valence-corrected chi connectivity index (χ3v) is 3.53. The van der Waals surface area contributed by atoms with E-state index in [0.29, 0.717) is 12.5 Å². The van der Waals surface area contributed by atoms with E-state index in [-0.39, 0.29) is 12.1 Å². The molecule has 1 fully saturated rings. The smallest absolute Gasteiger partial charge is 0.325 e. The second kappa shape index (κ2) is 6.50. The van der Waals surface area contributed by atoms with Crippen LogP contribution in [0.25, 0.3) is 0 Å². The Hall–Kier alpha value is -0.650. The second-order valence-corrected chi connectivity index (χ2v) is 5.50. The maximum Gasteiger partial charge on any atom is 0.325 e. The highest BCUT2D eigenvalue weighted by Crippen LogP contribution is 2.15. The van der Waals surface area contributed by atoms with Gasteiger partial charge in [0, 0.05) is 12.6 Å². The van der Waals surface area contributed by atoms with Crippen LogP contribution in [0.5, 0.6) is 0 Å². The summed E-state index contributed by atoms with van der Waals surface area (Å²) in [5.74, 6) is -0.342. The van der Waals surface area contributed by atoms with Crippen molar-refractivity contribution in [1.29, 1.82) is 0 Å². The van der Waals surface area contributed by atoms with Crippen molar-refractivity contribution < 1.29 is 14.3 Å². The zero-order chi connectivity index (χ0) is 13.8. The molecule has 0 saturated carbocycles. The fourth-order valence-electron chi connectivity index (χ4n) is 2.27. The third kappa shape index (κ3) is 4.23. The molecule has 0 aromatic carbocycles. The molecule has 0 spiro atoms. The molecule has 2 N–H and O–H groups in total. The van der Waals surface area contributed by atoms with Gasteiger partial charge in [-0.1, -0.05) is 0 Å². The predicted octanol–water partition coefficient (Wildman–Crippen LogP) is 0.766. The lowest BCUT2D eigenvalue weighted by Gasteiger charge is -2.37. The summed E-state index contributed by atoms with van der Waals surface area (Å²) in [6.07, 6.45) is 1.81. The van der Waals surface area contributed by atoms with E-state index < -0.39 is 5.54 Å². The highest BCUT2D eigenvalue weighted by atomic mass is 16.5. The Kier molecular flexibility index (Phi) is 5.56. The fourth-order valence-corrected chi connectivity index (χ4v) is 2.27. The average molecular weight is 258 g/mol. The van der Waals surface area contributed by atoms with Crippen LogP contribution in [0, 0.1) is 0 Å². The quantitative estimate of drug-likeness (QED) is 0.738. The van der Waals surface area contributed by atoms with Gasteiger partial charge in [0.1, 0.15) is 5.54 Å². The first-order chi connectivity index (χ1) is 8.36. The van der Waals surface area contributed by atoms with Gasteiger partial charge >= 0.3 is 5.97 Å². The lowest BCUT2D eigenvalue weighted by Crippen LogP contribution is -2.49. The molecule has 1 saturated heterocycles. The van der Waals surface area contributed by atoms with E-state index in [4.69, 9.17) is 15.2 Å². The molecule has 18 heavy (non-hydrogen) atoms. The van der Waals surface area contributed by atoms with Crippen molar-refractivity contribution in [3.63, 3.8) is 0 Å². The van der Waals surface area contributed by atoms with Gasteiger partial charge in [-0.15, -0.1) is 0 Å². The molecule has 5 nitrogen and oxygen atoms in total. The van der Waals surface area contributed by atoms with Gasteiger partial charge in [0.15, 0.2) is 0 Å². The highest BCUT2D eigenvalue weighted by molar-refractivity contribution is 5.79. The summed E-state index contributed by atoms with van der Waals surface area (Å²) in [6, 6.07) is 0.434. The van der Waals surface area contributed by atoms with Crippen LogP contribution in [0.4, 0.5) is 0 Å². The summed E-state index contributed by atoms with van der Waals surface area (Å²) in [5, 5.41) is 0. The minimum absolute atomic E-state index is 0.283. The number of carbonyl (C=O) groups excluding carboxylic acids is 1. The Balaban J connectivity index is 2.34. The number of nitrogens with two attached hydrogens (primary N) is 1. The van der Waals surface area contributed by atoms with Gasteiger partial charge < -0.3 is 15.2 Å². The van der Waals surface area contributed by atoms with Crippen molar-refractivity contribution >= 4 is 5.97 Å². The van der Waals surface area contributed by atoms with E-state index in [1.165, 1.54) is 7.11 Å². The highest BCUT2D eigenvalue weighted by Gasteiger charge is 2.30. The summed E-state index contributed by atoms with van der Waals surface area (Å²) >= 11 is 0. The molecule has 3 unspecified atom stereocenters. The third-order valence-electron chi connectivity index (χ3n) is 3.53. The van der Waals surface area contributed by atoms with E-state index in [1.54, 1.807) is 6.92 Å². The Labute approximate surface area is 110 Å². The number of hydrogen-bond acceptors (Lipinski definition) is 5. The van der Waals surface area contributed by atoms with Crippen LogP contribution >= 0.6 is 0 Å². The normalized spacial score (nSPS) is 28.7. The van der Waals surface area contributed by atoms with Crippen LogP contribution in [0.3, 0.4) is 0 Å². The van der Waals surface area contributed by atoms with Crippen LogP contribution in [0.15, 0.2) is 0 Å². The number of nitrogens with zero attached hydrogens (tertiary/aromatic N) is 1. The molecule has 5 heteroatoms. The van der Waals surface area contributed by atoms with Crippen LogP contribution in [0.2, 0.25) is 0 Å². The fraction of sp³-hybridized carbons (Fsp3) is 0.923. The number of morpholine rings is 1. The maximum atomic E-state index is 11.5. The van der Waals surface area contributed by atoms with E-state index in [0.717, 1.165) is 26.1 Å². The Morgan fingerprint density at radius 3 is 2.83 bits per heavy atom. The maximum absolute atomic E-state index is 11.5. The molecule has 0 amide bonds. The van der Waals surface area contributed by atoms with E-state index in [1.807, 2.05) is 0 Å². The lowest BCUT2D eigenvalue weighted by molar-refractivity contribution is -0.146.